The lowest BCUT2D eigenvalue weighted by molar-refractivity contribution is -0.141. The number of rotatable bonds is 5. The number of imidazole rings is 2. The minimum atomic E-state index is -0.840. The Hall–Kier alpha value is -2.11. The van der Waals surface area contributed by atoms with Crippen LogP contribution in [0.15, 0.2) is 24.8 Å². The van der Waals surface area contributed by atoms with Crippen LogP contribution in [0.25, 0.3) is 0 Å². The van der Waals surface area contributed by atoms with Crippen molar-refractivity contribution >= 4 is 5.97 Å². The van der Waals surface area contributed by atoms with E-state index >= 15 is 0 Å². The van der Waals surface area contributed by atoms with E-state index in [-0.39, 0.29) is 0 Å². The molecule has 0 saturated heterocycles. The van der Waals surface area contributed by atoms with Gasteiger partial charge in [0.25, 0.3) is 0 Å². The molecule has 0 radical (unpaired) electrons. The molecule has 0 atom stereocenters. The predicted octanol–water partition coefficient (Wildman–Crippen LogP) is 0.619. The van der Waals surface area contributed by atoms with Crippen LogP contribution in [0.4, 0.5) is 0 Å². The van der Waals surface area contributed by atoms with Crippen molar-refractivity contribution in [3.05, 3.63) is 36.4 Å². The molecule has 0 aliphatic rings. The lowest BCUT2D eigenvalue weighted by Gasteiger charge is -2.08. The van der Waals surface area contributed by atoms with E-state index in [4.69, 9.17) is 5.11 Å². The van der Waals surface area contributed by atoms with Gasteiger partial charge in [-0.3, -0.25) is 4.79 Å². The van der Waals surface area contributed by atoms with Crippen molar-refractivity contribution in [1.82, 2.24) is 19.9 Å². The summed E-state index contributed by atoms with van der Waals surface area (Å²) in [7, 11) is 0. The van der Waals surface area contributed by atoms with Gasteiger partial charge in [-0.1, -0.05) is 0 Å². The van der Waals surface area contributed by atoms with Crippen LogP contribution in [-0.4, -0.2) is 31.0 Å². The van der Waals surface area contributed by atoms with E-state index in [0.29, 0.717) is 24.5 Å². The summed E-state index contributed by atoms with van der Waals surface area (Å²) < 4.78 is 0. The first-order chi connectivity index (χ1) is 7.75. The fraction of sp³-hybridized carbons (Fsp3) is 0.300. The van der Waals surface area contributed by atoms with Crippen molar-refractivity contribution in [2.75, 3.05) is 0 Å². The minimum absolute atomic E-state index is 0.378. The van der Waals surface area contributed by atoms with Gasteiger partial charge in [0.15, 0.2) is 0 Å². The molecule has 6 heteroatoms. The number of nitrogens with one attached hydrogen (secondary N) is 2. The third-order valence-electron chi connectivity index (χ3n) is 2.34. The van der Waals surface area contributed by atoms with E-state index in [1.807, 2.05) is 0 Å². The first-order valence-electron chi connectivity index (χ1n) is 4.95. The van der Waals surface area contributed by atoms with Gasteiger partial charge in [0.2, 0.25) is 0 Å². The van der Waals surface area contributed by atoms with Crippen LogP contribution in [0.1, 0.15) is 11.6 Å². The van der Waals surface area contributed by atoms with Crippen molar-refractivity contribution in [2.24, 2.45) is 5.92 Å². The number of aliphatic carboxylic acids is 1. The van der Waals surface area contributed by atoms with Gasteiger partial charge in [-0.15, -0.1) is 0 Å². The number of carbonyl (C=O) groups is 1. The molecule has 2 rings (SSSR count). The molecule has 3 N–H and O–H groups in total. The molecule has 0 amide bonds. The summed E-state index contributed by atoms with van der Waals surface area (Å²) in [6.07, 6.45) is 7.34. The Kier molecular flexibility index (Phi) is 3.00. The zero-order valence-corrected chi connectivity index (χ0v) is 8.55. The SMILES string of the molecule is O=C(O)C(Cc1ncc[nH]1)Cc1ncc[nH]1. The highest BCUT2D eigenvalue weighted by Gasteiger charge is 2.20. The maximum Gasteiger partial charge on any atom is 0.307 e. The molecule has 2 heterocycles. The molecule has 0 fully saturated rings. The summed E-state index contributed by atoms with van der Waals surface area (Å²) in [4.78, 5) is 24.9. The standard InChI is InChI=1S/C10H12N4O2/c15-10(16)7(5-8-11-1-2-12-8)6-9-13-3-4-14-9/h1-4,7H,5-6H2,(H,11,12)(H,13,14)(H,15,16). The summed E-state index contributed by atoms with van der Waals surface area (Å²) in [5.41, 5.74) is 0. The van der Waals surface area contributed by atoms with Gasteiger partial charge in [0, 0.05) is 37.6 Å². The smallest absolute Gasteiger partial charge is 0.307 e. The summed E-state index contributed by atoms with van der Waals surface area (Å²) >= 11 is 0. The van der Waals surface area contributed by atoms with Gasteiger partial charge in [-0.05, 0) is 0 Å². The van der Waals surface area contributed by atoms with Crippen LogP contribution >= 0.6 is 0 Å². The molecule has 6 nitrogen and oxygen atoms in total. The maximum absolute atomic E-state index is 11.1. The average Bonchev–Trinajstić information content (AvgIpc) is 2.88. The quantitative estimate of drug-likeness (QED) is 0.688. The van der Waals surface area contributed by atoms with Gasteiger partial charge in [-0.25, -0.2) is 9.97 Å². The Labute approximate surface area is 91.8 Å². The van der Waals surface area contributed by atoms with E-state index in [2.05, 4.69) is 19.9 Å². The second-order valence-corrected chi connectivity index (χ2v) is 3.52. The van der Waals surface area contributed by atoms with Gasteiger partial charge in [-0.2, -0.15) is 0 Å². The highest BCUT2D eigenvalue weighted by molar-refractivity contribution is 5.70. The molecule has 0 spiro atoms. The Bertz CT molecular complexity index is 399. The highest BCUT2D eigenvalue weighted by atomic mass is 16.4. The second-order valence-electron chi connectivity index (χ2n) is 3.52. The lowest BCUT2D eigenvalue weighted by Crippen LogP contribution is -2.20. The van der Waals surface area contributed by atoms with Crippen molar-refractivity contribution in [2.45, 2.75) is 12.8 Å². The number of aromatic amines is 2. The molecule has 0 saturated carbocycles. The van der Waals surface area contributed by atoms with Crippen LogP contribution in [0.2, 0.25) is 0 Å². The lowest BCUT2D eigenvalue weighted by atomic mass is 10.0. The van der Waals surface area contributed by atoms with Crippen LogP contribution in [0.5, 0.6) is 0 Å². The number of aromatic nitrogens is 4. The number of hydrogen-bond acceptors (Lipinski definition) is 3. The average molecular weight is 220 g/mol. The number of carboxylic acids is 1. The molecule has 0 aliphatic heterocycles. The number of hydrogen-bond donors (Lipinski definition) is 3. The number of nitrogens with zero attached hydrogens (tertiary/aromatic N) is 2. The zero-order valence-electron chi connectivity index (χ0n) is 8.55. The van der Waals surface area contributed by atoms with E-state index < -0.39 is 11.9 Å². The van der Waals surface area contributed by atoms with Gasteiger partial charge >= 0.3 is 5.97 Å². The Morgan fingerprint density at radius 2 is 1.69 bits per heavy atom. The molecule has 2 aromatic rings. The van der Waals surface area contributed by atoms with E-state index in [1.54, 1.807) is 24.8 Å². The Morgan fingerprint density at radius 3 is 2.00 bits per heavy atom. The fourth-order valence-electron chi connectivity index (χ4n) is 1.53. The zero-order chi connectivity index (χ0) is 11.4. The Morgan fingerprint density at radius 1 is 1.19 bits per heavy atom. The third-order valence-corrected chi connectivity index (χ3v) is 2.34. The van der Waals surface area contributed by atoms with Crippen LogP contribution in [0, 0.1) is 5.92 Å². The second kappa shape index (κ2) is 4.61. The summed E-state index contributed by atoms with van der Waals surface area (Å²) in [6, 6.07) is 0. The van der Waals surface area contributed by atoms with Gasteiger partial charge in [0.05, 0.1) is 5.92 Å². The molecule has 0 bridgehead atoms. The van der Waals surface area contributed by atoms with Crippen molar-refractivity contribution in [3.63, 3.8) is 0 Å². The molecule has 0 aromatic carbocycles. The predicted molar refractivity (Wildman–Crippen MR) is 55.7 cm³/mol. The van der Waals surface area contributed by atoms with Gasteiger partial charge in [0.1, 0.15) is 11.6 Å². The van der Waals surface area contributed by atoms with Crippen LogP contribution in [-0.2, 0) is 17.6 Å². The molecular formula is C10H12N4O2. The van der Waals surface area contributed by atoms with E-state index in [0.717, 1.165) is 0 Å². The number of H-pyrrole nitrogens is 2. The van der Waals surface area contributed by atoms with E-state index in [1.165, 1.54) is 0 Å². The maximum atomic E-state index is 11.1. The van der Waals surface area contributed by atoms with Crippen LogP contribution < -0.4 is 0 Å². The highest BCUT2D eigenvalue weighted by Crippen LogP contribution is 2.10. The monoisotopic (exact) mass is 220 g/mol. The third kappa shape index (κ3) is 2.47. The van der Waals surface area contributed by atoms with E-state index in [9.17, 15) is 4.79 Å². The molecule has 0 aliphatic carbocycles. The molecule has 84 valence electrons. The van der Waals surface area contributed by atoms with Crippen molar-refractivity contribution in [1.29, 1.82) is 0 Å². The molecule has 0 unspecified atom stereocenters. The summed E-state index contributed by atoms with van der Waals surface area (Å²) in [6.45, 7) is 0. The molecule has 2 aromatic heterocycles. The largest absolute Gasteiger partial charge is 0.481 e. The first kappa shape index (κ1) is 10.4. The summed E-state index contributed by atoms with van der Waals surface area (Å²) in [5, 5.41) is 9.09. The molecule has 16 heavy (non-hydrogen) atoms. The molecular weight excluding hydrogens is 208 g/mol. The topological polar surface area (TPSA) is 94.7 Å². The van der Waals surface area contributed by atoms with Crippen molar-refractivity contribution < 1.29 is 9.90 Å². The Balaban J connectivity index is 2.03. The summed E-state index contributed by atoms with van der Waals surface area (Å²) in [5.74, 6) is 0.00279. The number of carboxylic acid groups (broad SMARTS) is 1. The normalized spacial score (nSPS) is 10.8. The fourth-order valence-corrected chi connectivity index (χ4v) is 1.53. The van der Waals surface area contributed by atoms with Crippen molar-refractivity contribution in [3.8, 4) is 0 Å². The van der Waals surface area contributed by atoms with Crippen LogP contribution in [0.3, 0.4) is 0 Å². The first-order valence-corrected chi connectivity index (χ1v) is 4.95. The minimum Gasteiger partial charge on any atom is -0.481 e. The van der Waals surface area contributed by atoms with Gasteiger partial charge < -0.3 is 15.1 Å².